The second-order valence-electron chi connectivity index (χ2n) is 4.28. The number of nitrogens with one attached hydrogen (secondary N) is 2. The second kappa shape index (κ2) is 7.70. The number of nitrogens with two attached hydrogens (primary N) is 1. The summed E-state index contributed by atoms with van der Waals surface area (Å²) in [6, 6.07) is 0.295. The smallest absolute Gasteiger partial charge is 0.323 e. The minimum absolute atomic E-state index is 0.0262. The fraction of sp³-hybridized carbons (Fsp3) is 0.727. The zero-order valence-corrected chi connectivity index (χ0v) is 11.8. The molecule has 19 heavy (non-hydrogen) atoms. The van der Waals surface area contributed by atoms with Crippen molar-refractivity contribution in [2.24, 2.45) is 5.84 Å². The third kappa shape index (κ3) is 5.66. The van der Waals surface area contributed by atoms with Crippen LogP contribution >= 0.6 is 0 Å². The summed E-state index contributed by atoms with van der Waals surface area (Å²) in [5.41, 5.74) is 2.38. The van der Waals surface area contributed by atoms with Crippen LogP contribution in [0.3, 0.4) is 0 Å². The number of nitrogen functional groups attached to an aromatic ring is 1. The van der Waals surface area contributed by atoms with Gasteiger partial charge in [0, 0.05) is 12.6 Å². The maximum absolute atomic E-state index is 5.43. The quantitative estimate of drug-likeness (QED) is 0.470. The van der Waals surface area contributed by atoms with E-state index in [9.17, 15) is 0 Å². The van der Waals surface area contributed by atoms with E-state index in [0.29, 0.717) is 19.2 Å². The van der Waals surface area contributed by atoms with Gasteiger partial charge in [-0.3, -0.25) is 5.43 Å². The van der Waals surface area contributed by atoms with E-state index in [2.05, 4.69) is 25.7 Å². The van der Waals surface area contributed by atoms with Gasteiger partial charge in [-0.25, -0.2) is 5.84 Å². The van der Waals surface area contributed by atoms with Crippen LogP contribution in [-0.2, 0) is 4.74 Å². The lowest BCUT2D eigenvalue weighted by Crippen LogP contribution is -2.24. The highest BCUT2D eigenvalue weighted by molar-refractivity contribution is 5.35. The molecule has 0 aliphatic carbocycles. The van der Waals surface area contributed by atoms with Gasteiger partial charge in [0.15, 0.2) is 0 Å². The number of rotatable bonds is 8. The lowest BCUT2D eigenvalue weighted by atomic mass is 10.4. The molecule has 0 aliphatic heterocycles. The Morgan fingerprint density at radius 1 is 1.16 bits per heavy atom. The molecule has 0 radical (unpaired) electrons. The highest BCUT2D eigenvalue weighted by atomic mass is 16.5. The number of aromatic nitrogens is 3. The largest absolute Gasteiger partial charge is 0.461 e. The van der Waals surface area contributed by atoms with Crippen molar-refractivity contribution in [1.82, 2.24) is 15.0 Å². The van der Waals surface area contributed by atoms with Crippen LogP contribution in [0.4, 0.5) is 11.9 Å². The Bertz CT molecular complexity index is 387. The van der Waals surface area contributed by atoms with Gasteiger partial charge in [-0.1, -0.05) is 0 Å². The number of hydrazine groups is 1. The fourth-order valence-corrected chi connectivity index (χ4v) is 1.31. The van der Waals surface area contributed by atoms with Crippen molar-refractivity contribution in [3.05, 3.63) is 0 Å². The Morgan fingerprint density at radius 2 is 1.84 bits per heavy atom. The van der Waals surface area contributed by atoms with Gasteiger partial charge < -0.3 is 14.8 Å². The molecule has 0 saturated carbocycles. The Morgan fingerprint density at radius 3 is 2.42 bits per heavy atom. The first-order valence-corrected chi connectivity index (χ1v) is 6.28. The van der Waals surface area contributed by atoms with Gasteiger partial charge >= 0.3 is 6.01 Å². The van der Waals surface area contributed by atoms with Gasteiger partial charge in [0.1, 0.15) is 0 Å². The highest BCUT2D eigenvalue weighted by Gasteiger charge is 2.10. The molecule has 1 heterocycles. The van der Waals surface area contributed by atoms with Crippen LogP contribution in [0.1, 0.15) is 27.7 Å². The van der Waals surface area contributed by atoms with E-state index in [1.807, 2.05) is 27.7 Å². The lowest BCUT2D eigenvalue weighted by molar-refractivity contribution is 0.141. The summed E-state index contributed by atoms with van der Waals surface area (Å²) < 4.78 is 10.7. The molecule has 4 N–H and O–H groups in total. The molecule has 8 nitrogen and oxygen atoms in total. The van der Waals surface area contributed by atoms with Crippen molar-refractivity contribution in [1.29, 1.82) is 0 Å². The molecule has 108 valence electrons. The van der Waals surface area contributed by atoms with Crippen LogP contribution in [0.5, 0.6) is 6.01 Å². The van der Waals surface area contributed by atoms with Gasteiger partial charge in [0.25, 0.3) is 0 Å². The molecule has 0 bridgehead atoms. The predicted octanol–water partition coefficient (Wildman–Crippen LogP) is 0.781. The topological polar surface area (TPSA) is 107 Å². The van der Waals surface area contributed by atoms with Crippen LogP contribution in [0, 0.1) is 0 Å². The van der Waals surface area contributed by atoms with Gasteiger partial charge in [0.05, 0.1) is 12.7 Å². The van der Waals surface area contributed by atoms with E-state index in [-0.39, 0.29) is 24.1 Å². The SMILES string of the molecule is CCOCC(C)Nc1nc(NN)nc(OC(C)C)n1. The summed E-state index contributed by atoms with van der Waals surface area (Å²) in [4.78, 5) is 12.3. The Balaban J connectivity index is 2.75. The first-order valence-electron chi connectivity index (χ1n) is 6.28. The summed E-state index contributed by atoms with van der Waals surface area (Å²) in [7, 11) is 0. The zero-order chi connectivity index (χ0) is 14.3. The van der Waals surface area contributed by atoms with E-state index < -0.39 is 0 Å². The Labute approximate surface area is 113 Å². The van der Waals surface area contributed by atoms with Crippen LogP contribution in [0.15, 0.2) is 0 Å². The maximum atomic E-state index is 5.43. The van der Waals surface area contributed by atoms with Crippen molar-refractivity contribution in [2.45, 2.75) is 39.8 Å². The molecule has 0 amide bonds. The van der Waals surface area contributed by atoms with Crippen molar-refractivity contribution < 1.29 is 9.47 Å². The van der Waals surface area contributed by atoms with Crippen molar-refractivity contribution in [2.75, 3.05) is 24.0 Å². The molecular formula is C11H22N6O2. The number of hydrogen-bond donors (Lipinski definition) is 3. The van der Waals surface area contributed by atoms with Crippen LogP contribution in [0.25, 0.3) is 0 Å². The normalized spacial score (nSPS) is 12.3. The molecule has 1 atom stereocenters. The van der Waals surface area contributed by atoms with E-state index in [1.54, 1.807) is 0 Å². The summed E-state index contributed by atoms with van der Waals surface area (Å²) in [5, 5.41) is 3.10. The fourth-order valence-electron chi connectivity index (χ4n) is 1.31. The molecule has 0 spiro atoms. The molecular weight excluding hydrogens is 248 g/mol. The first-order chi connectivity index (χ1) is 9.05. The summed E-state index contributed by atoms with van der Waals surface area (Å²) in [5.74, 6) is 5.96. The third-order valence-corrected chi connectivity index (χ3v) is 2.03. The summed E-state index contributed by atoms with van der Waals surface area (Å²) in [6.07, 6.45) is -0.0262. The van der Waals surface area contributed by atoms with E-state index in [4.69, 9.17) is 15.3 Å². The second-order valence-corrected chi connectivity index (χ2v) is 4.28. The van der Waals surface area contributed by atoms with Gasteiger partial charge in [0.2, 0.25) is 11.9 Å². The standard InChI is InChI=1S/C11H22N6O2/c1-5-18-6-8(4)13-9-14-10(17-12)16-11(15-9)19-7(2)3/h7-8H,5-6,12H2,1-4H3,(H2,13,14,15,16,17). The molecule has 1 aromatic heterocycles. The van der Waals surface area contributed by atoms with E-state index >= 15 is 0 Å². The molecule has 1 rings (SSSR count). The molecule has 1 unspecified atom stereocenters. The van der Waals surface area contributed by atoms with Gasteiger partial charge in [-0.05, 0) is 27.7 Å². The molecule has 0 saturated heterocycles. The average molecular weight is 270 g/mol. The van der Waals surface area contributed by atoms with Crippen molar-refractivity contribution >= 4 is 11.9 Å². The van der Waals surface area contributed by atoms with Gasteiger partial charge in [-0.15, -0.1) is 0 Å². The van der Waals surface area contributed by atoms with Crippen molar-refractivity contribution in [3.63, 3.8) is 0 Å². The van der Waals surface area contributed by atoms with Gasteiger partial charge in [-0.2, -0.15) is 15.0 Å². The monoisotopic (exact) mass is 270 g/mol. The zero-order valence-electron chi connectivity index (χ0n) is 11.8. The van der Waals surface area contributed by atoms with E-state index in [0.717, 1.165) is 0 Å². The number of ether oxygens (including phenoxy) is 2. The van der Waals surface area contributed by atoms with Crippen LogP contribution in [0.2, 0.25) is 0 Å². The predicted molar refractivity (Wildman–Crippen MR) is 73.0 cm³/mol. The molecule has 0 aliphatic rings. The molecule has 8 heteroatoms. The molecule has 0 aromatic carbocycles. The molecule has 0 fully saturated rings. The highest BCUT2D eigenvalue weighted by Crippen LogP contribution is 2.12. The number of hydrogen-bond acceptors (Lipinski definition) is 8. The lowest BCUT2D eigenvalue weighted by Gasteiger charge is -2.15. The van der Waals surface area contributed by atoms with Crippen molar-refractivity contribution in [3.8, 4) is 6.01 Å². The Kier molecular flexibility index (Phi) is 6.23. The average Bonchev–Trinajstić information content (AvgIpc) is 2.35. The minimum atomic E-state index is -0.0262. The summed E-state index contributed by atoms with van der Waals surface area (Å²) >= 11 is 0. The van der Waals surface area contributed by atoms with Crippen LogP contribution < -0.4 is 21.3 Å². The number of nitrogens with zero attached hydrogens (tertiary/aromatic N) is 3. The van der Waals surface area contributed by atoms with Crippen LogP contribution in [-0.4, -0.2) is 40.3 Å². The Hall–Kier alpha value is -1.67. The van der Waals surface area contributed by atoms with E-state index in [1.165, 1.54) is 0 Å². The molecule has 1 aromatic rings. The third-order valence-electron chi connectivity index (χ3n) is 2.03. The maximum Gasteiger partial charge on any atom is 0.323 e. The summed E-state index contributed by atoms with van der Waals surface area (Å²) in [6.45, 7) is 8.93. The minimum Gasteiger partial charge on any atom is -0.461 e. The number of anilines is 2. The first kappa shape index (κ1) is 15.4.